The van der Waals surface area contributed by atoms with Gasteiger partial charge in [-0.1, -0.05) is 29.8 Å². The molecule has 2 aromatic rings. The lowest BCUT2D eigenvalue weighted by Gasteiger charge is -2.09. The Morgan fingerprint density at radius 2 is 1.93 bits per heavy atom. The van der Waals surface area contributed by atoms with E-state index in [2.05, 4.69) is 10.6 Å². The molecule has 1 saturated carbocycles. The highest BCUT2D eigenvalue weighted by Crippen LogP contribution is 2.36. The van der Waals surface area contributed by atoms with E-state index in [0.717, 1.165) is 28.8 Å². The number of anilines is 1. The van der Waals surface area contributed by atoms with E-state index in [0.29, 0.717) is 15.6 Å². The molecule has 6 nitrogen and oxygen atoms in total. The van der Waals surface area contributed by atoms with Gasteiger partial charge in [-0.25, -0.2) is 4.79 Å². The zero-order valence-corrected chi connectivity index (χ0v) is 17.2. The van der Waals surface area contributed by atoms with E-state index in [-0.39, 0.29) is 18.4 Å². The zero-order chi connectivity index (χ0) is 20.3. The van der Waals surface area contributed by atoms with Crippen LogP contribution in [0.15, 0.2) is 24.3 Å². The summed E-state index contributed by atoms with van der Waals surface area (Å²) in [6.07, 6.45) is 1.75. The summed E-state index contributed by atoms with van der Waals surface area (Å²) >= 11 is 7.39. The molecular weight excluding hydrogens is 400 g/mol. The second-order valence-corrected chi connectivity index (χ2v) is 8.33. The second kappa shape index (κ2) is 8.75. The highest BCUT2D eigenvalue weighted by atomic mass is 35.5. The average molecular weight is 421 g/mol. The number of benzene rings is 1. The first-order valence-electron chi connectivity index (χ1n) is 8.95. The van der Waals surface area contributed by atoms with Gasteiger partial charge in [0.25, 0.3) is 5.91 Å². The van der Waals surface area contributed by atoms with Gasteiger partial charge in [0, 0.05) is 22.4 Å². The van der Waals surface area contributed by atoms with E-state index < -0.39 is 18.5 Å². The lowest BCUT2D eigenvalue weighted by Crippen LogP contribution is -2.28. The number of halogens is 1. The molecule has 1 aromatic heterocycles. The van der Waals surface area contributed by atoms with Crippen molar-refractivity contribution in [2.45, 2.75) is 33.2 Å². The molecule has 1 aliphatic rings. The molecular formula is C20H21ClN2O4S. The molecule has 0 saturated heterocycles. The molecule has 1 aromatic carbocycles. The molecule has 1 heterocycles. The van der Waals surface area contributed by atoms with Crippen LogP contribution in [0.4, 0.5) is 5.00 Å². The number of hydrogen-bond acceptors (Lipinski definition) is 5. The molecule has 0 unspecified atom stereocenters. The van der Waals surface area contributed by atoms with Crippen molar-refractivity contribution in [1.29, 1.82) is 0 Å². The summed E-state index contributed by atoms with van der Waals surface area (Å²) in [4.78, 5) is 37.5. The summed E-state index contributed by atoms with van der Waals surface area (Å²) in [5.74, 6) is -1.10. The quantitative estimate of drug-likeness (QED) is 0.666. The van der Waals surface area contributed by atoms with Gasteiger partial charge in [0.2, 0.25) is 5.91 Å². The van der Waals surface area contributed by atoms with Gasteiger partial charge in [0.15, 0.2) is 6.61 Å². The molecule has 8 heteroatoms. The van der Waals surface area contributed by atoms with Crippen molar-refractivity contribution in [1.82, 2.24) is 5.32 Å². The van der Waals surface area contributed by atoms with Crippen molar-refractivity contribution in [3.63, 3.8) is 0 Å². The van der Waals surface area contributed by atoms with Crippen molar-refractivity contribution in [3.8, 4) is 0 Å². The molecule has 0 aliphatic heterocycles. The van der Waals surface area contributed by atoms with E-state index >= 15 is 0 Å². The number of esters is 1. The standard InChI is InChI=1S/C20H21ClN2O4S/c1-11-12(2)28-19(23-18(25)13-7-8-13)17(11)20(26)27-10-16(24)22-9-14-5-3-4-6-15(14)21/h3-6,13H,7-10H2,1-2H3,(H,22,24)(H,23,25). The molecule has 2 amide bonds. The Hall–Kier alpha value is -2.38. The molecule has 2 N–H and O–H groups in total. The third-order valence-electron chi connectivity index (χ3n) is 4.54. The van der Waals surface area contributed by atoms with Crippen LogP contribution >= 0.6 is 22.9 Å². The number of carbonyl (C=O) groups excluding carboxylic acids is 3. The maximum atomic E-state index is 12.5. The van der Waals surface area contributed by atoms with Gasteiger partial charge in [0.1, 0.15) is 5.00 Å². The molecule has 0 atom stereocenters. The first-order chi connectivity index (χ1) is 13.4. The van der Waals surface area contributed by atoms with Crippen molar-refractivity contribution in [3.05, 3.63) is 50.9 Å². The number of carbonyl (C=O) groups is 3. The van der Waals surface area contributed by atoms with E-state index in [1.807, 2.05) is 13.0 Å². The average Bonchev–Trinajstić information content (AvgIpc) is 3.47. The SMILES string of the molecule is Cc1sc(NC(=O)C2CC2)c(C(=O)OCC(=O)NCc2ccccc2Cl)c1C. The number of hydrogen-bond donors (Lipinski definition) is 2. The number of rotatable bonds is 7. The number of aryl methyl sites for hydroxylation is 1. The summed E-state index contributed by atoms with van der Waals surface area (Å²) in [5, 5.41) is 6.52. The molecule has 0 radical (unpaired) electrons. The molecule has 0 bridgehead atoms. The fourth-order valence-electron chi connectivity index (χ4n) is 2.61. The minimum absolute atomic E-state index is 0.0298. The highest BCUT2D eigenvalue weighted by Gasteiger charge is 2.31. The van der Waals surface area contributed by atoms with Gasteiger partial charge in [-0.05, 0) is 43.9 Å². The molecule has 1 aliphatic carbocycles. The van der Waals surface area contributed by atoms with Crippen LogP contribution in [0.1, 0.15) is 39.2 Å². The van der Waals surface area contributed by atoms with E-state index in [9.17, 15) is 14.4 Å². The van der Waals surface area contributed by atoms with Gasteiger partial charge in [-0.3, -0.25) is 9.59 Å². The first-order valence-corrected chi connectivity index (χ1v) is 10.1. The van der Waals surface area contributed by atoms with E-state index in [1.54, 1.807) is 25.1 Å². The number of amides is 2. The Morgan fingerprint density at radius 3 is 2.61 bits per heavy atom. The Kier molecular flexibility index (Phi) is 6.36. The van der Waals surface area contributed by atoms with Crippen LogP contribution in [0.5, 0.6) is 0 Å². The lowest BCUT2D eigenvalue weighted by atomic mass is 10.1. The smallest absolute Gasteiger partial charge is 0.341 e. The molecule has 0 spiro atoms. The Morgan fingerprint density at radius 1 is 1.21 bits per heavy atom. The topological polar surface area (TPSA) is 84.5 Å². The fourth-order valence-corrected chi connectivity index (χ4v) is 3.86. The van der Waals surface area contributed by atoms with E-state index in [1.165, 1.54) is 11.3 Å². The minimum atomic E-state index is -0.624. The van der Waals surface area contributed by atoms with Crippen LogP contribution in [0, 0.1) is 19.8 Å². The summed E-state index contributed by atoms with van der Waals surface area (Å²) in [7, 11) is 0. The van der Waals surface area contributed by atoms with Crippen molar-refractivity contribution in [2.75, 3.05) is 11.9 Å². The van der Waals surface area contributed by atoms with Gasteiger partial charge in [0.05, 0.1) is 5.56 Å². The Labute approximate surface area is 172 Å². The van der Waals surface area contributed by atoms with Crippen LogP contribution in [0.3, 0.4) is 0 Å². The molecule has 28 heavy (non-hydrogen) atoms. The van der Waals surface area contributed by atoms with Crippen LogP contribution in [0.25, 0.3) is 0 Å². The molecule has 148 valence electrons. The highest BCUT2D eigenvalue weighted by molar-refractivity contribution is 7.16. The van der Waals surface area contributed by atoms with Crippen LogP contribution in [0.2, 0.25) is 5.02 Å². The second-order valence-electron chi connectivity index (χ2n) is 6.70. The fraction of sp³-hybridized carbons (Fsp3) is 0.350. The van der Waals surface area contributed by atoms with Crippen molar-refractivity contribution in [2.24, 2.45) is 5.92 Å². The van der Waals surface area contributed by atoms with Gasteiger partial charge >= 0.3 is 5.97 Å². The largest absolute Gasteiger partial charge is 0.452 e. The number of ether oxygens (including phenoxy) is 1. The van der Waals surface area contributed by atoms with Crippen molar-refractivity contribution < 1.29 is 19.1 Å². The number of thiophene rings is 1. The zero-order valence-electron chi connectivity index (χ0n) is 15.6. The normalized spacial score (nSPS) is 13.1. The molecule has 3 rings (SSSR count). The van der Waals surface area contributed by atoms with E-state index in [4.69, 9.17) is 16.3 Å². The Bertz CT molecular complexity index is 921. The van der Waals surface area contributed by atoms with Crippen LogP contribution < -0.4 is 10.6 Å². The summed E-state index contributed by atoms with van der Waals surface area (Å²) in [5.41, 5.74) is 1.84. The maximum Gasteiger partial charge on any atom is 0.341 e. The third-order valence-corrected chi connectivity index (χ3v) is 6.03. The summed E-state index contributed by atoms with van der Waals surface area (Å²) < 4.78 is 5.17. The van der Waals surface area contributed by atoms with Crippen LogP contribution in [-0.4, -0.2) is 24.4 Å². The van der Waals surface area contributed by atoms with Crippen molar-refractivity contribution >= 4 is 45.7 Å². The Balaban J connectivity index is 1.57. The van der Waals surface area contributed by atoms with Gasteiger partial charge < -0.3 is 15.4 Å². The van der Waals surface area contributed by atoms with Gasteiger partial charge in [-0.15, -0.1) is 11.3 Å². The third kappa shape index (κ3) is 4.91. The maximum absolute atomic E-state index is 12.5. The predicted molar refractivity (Wildman–Crippen MR) is 109 cm³/mol. The lowest BCUT2D eigenvalue weighted by molar-refractivity contribution is -0.124. The predicted octanol–water partition coefficient (Wildman–Crippen LogP) is 3.84. The minimum Gasteiger partial charge on any atom is -0.452 e. The van der Waals surface area contributed by atoms with Gasteiger partial charge in [-0.2, -0.15) is 0 Å². The van der Waals surface area contributed by atoms with Crippen LogP contribution in [-0.2, 0) is 20.9 Å². The first kappa shape index (κ1) is 20.4. The summed E-state index contributed by atoms with van der Waals surface area (Å²) in [6, 6.07) is 7.18. The molecule has 1 fully saturated rings. The number of nitrogens with one attached hydrogen (secondary N) is 2. The monoisotopic (exact) mass is 420 g/mol. The summed E-state index contributed by atoms with van der Waals surface area (Å²) in [6.45, 7) is 3.51.